The Morgan fingerprint density at radius 1 is 1.43 bits per heavy atom. The second-order valence-electron chi connectivity index (χ2n) is 4.85. The number of benzene rings is 1. The van der Waals surface area contributed by atoms with Gasteiger partial charge in [-0.05, 0) is 49.9 Å². The van der Waals surface area contributed by atoms with Gasteiger partial charge in [0, 0.05) is 11.2 Å². The Morgan fingerprint density at radius 2 is 2.14 bits per heavy atom. The van der Waals surface area contributed by atoms with E-state index in [0.29, 0.717) is 5.92 Å². The quantitative estimate of drug-likeness (QED) is 0.664. The maximum Gasteiger partial charge on any atom is 0.123 e. The van der Waals surface area contributed by atoms with E-state index in [1.165, 1.54) is 6.07 Å². The van der Waals surface area contributed by atoms with E-state index in [4.69, 9.17) is 0 Å². The molecule has 0 radical (unpaired) electrons. The van der Waals surface area contributed by atoms with Crippen molar-refractivity contribution in [1.82, 2.24) is 0 Å². The molecule has 0 aliphatic carbocycles. The first-order valence-corrected chi connectivity index (χ1v) is 5.05. The summed E-state index contributed by atoms with van der Waals surface area (Å²) in [6, 6.07) is 4.99. The first-order valence-electron chi connectivity index (χ1n) is 5.05. The molecule has 0 saturated heterocycles. The number of rotatable bonds is 0. The Balaban J connectivity index is 2.45. The highest BCUT2D eigenvalue weighted by Crippen LogP contribution is 2.38. The van der Waals surface area contributed by atoms with E-state index in [1.54, 1.807) is 6.07 Å². The standard InChI is InChI=1S/C12H16FN/c1-8-7-12(2,3)14-11-5-4-9(13)6-10(8)11/h4-6,8,14H,7H2,1-3H3. The molecule has 0 fully saturated rings. The summed E-state index contributed by atoms with van der Waals surface area (Å²) in [5, 5.41) is 3.43. The smallest absolute Gasteiger partial charge is 0.123 e. The molecule has 1 heterocycles. The van der Waals surface area contributed by atoms with Crippen LogP contribution in [0.4, 0.5) is 10.1 Å². The summed E-state index contributed by atoms with van der Waals surface area (Å²) < 4.78 is 13.0. The van der Waals surface area contributed by atoms with Crippen LogP contribution in [0, 0.1) is 5.82 Å². The molecule has 0 amide bonds. The van der Waals surface area contributed by atoms with Gasteiger partial charge >= 0.3 is 0 Å². The highest BCUT2D eigenvalue weighted by Gasteiger charge is 2.28. The fraction of sp³-hybridized carbons (Fsp3) is 0.500. The lowest BCUT2D eigenvalue weighted by Gasteiger charge is -2.37. The molecule has 0 bridgehead atoms. The van der Waals surface area contributed by atoms with Crippen LogP contribution in [0.25, 0.3) is 0 Å². The molecule has 1 atom stereocenters. The predicted octanol–water partition coefficient (Wildman–Crippen LogP) is 3.52. The molecule has 1 aromatic rings. The molecule has 1 aliphatic rings. The van der Waals surface area contributed by atoms with Crippen LogP contribution in [-0.4, -0.2) is 5.54 Å². The summed E-state index contributed by atoms with van der Waals surface area (Å²) >= 11 is 0. The summed E-state index contributed by atoms with van der Waals surface area (Å²) in [5.74, 6) is 0.286. The second-order valence-corrected chi connectivity index (χ2v) is 4.85. The van der Waals surface area contributed by atoms with Crippen molar-refractivity contribution in [2.45, 2.75) is 38.6 Å². The van der Waals surface area contributed by atoms with E-state index >= 15 is 0 Å². The fourth-order valence-electron chi connectivity index (χ4n) is 2.35. The molecule has 1 nitrogen and oxygen atoms in total. The predicted molar refractivity (Wildman–Crippen MR) is 57.1 cm³/mol. The van der Waals surface area contributed by atoms with Crippen LogP contribution in [0.1, 0.15) is 38.7 Å². The Hall–Kier alpha value is -1.05. The average Bonchev–Trinajstić information content (AvgIpc) is 2.05. The lowest BCUT2D eigenvalue weighted by Crippen LogP contribution is -2.36. The third kappa shape index (κ3) is 1.61. The van der Waals surface area contributed by atoms with Crippen LogP contribution in [0.15, 0.2) is 18.2 Å². The van der Waals surface area contributed by atoms with Crippen LogP contribution in [0.3, 0.4) is 0 Å². The Morgan fingerprint density at radius 3 is 2.86 bits per heavy atom. The zero-order valence-electron chi connectivity index (χ0n) is 8.89. The van der Waals surface area contributed by atoms with Gasteiger partial charge in [0.05, 0.1) is 0 Å². The average molecular weight is 193 g/mol. The van der Waals surface area contributed by atoms with Crippen molar-refractivity contribution in [2.75, 3.05) is 5.32 Å². The molecule has 2 heteroatoms. The number of nitrogens with one attached hydrogen (secondary N) is 1. The van der Waals surface area contributed by atoms with Crippen molar-refractivity contribution in [3.8, 4) is 0 Å². The largest absolute Gasteiger partial charge is 0.380 e. The molecule has 0 aromatic heterocycles. The Bertz CT molecular complexity index is 357. The van der Waals surface area contributed by atoms with E-state index in [1.807, 2.05) is 6.07 Å². The Labute approximate surface area is 84.3 Å². The normalized spacial score (nSPS) is 23.9. The number of hydrogen-bond acceptors (Lipinski definition) is 1. The summed E-state index contributed by atoms with van der Waals surface area (Å²) in [7, 11) is 0. The topological polar surface area (TPSA) is 12.0 Å². The van der Waals surface area contributed by atoms with Gasteiger partial charge in [-0.1, -0.05) is 6.92 Å². The van der Waals surface area contributed by atoms with Crippen molar-refractivity contribution >= 4 is 5.69 Å². The molecule has 0 spiro atoms. The van der Waals surface area contributed by atoms with Crippen molar-refractivity contribution in [2.24, 2.45) is 0 Å². The highest BCUT2D eigenvalue weighted by molar-refractivity contribution is 5.56. The molecule has 14 heavy (non-hydrogen) atoms. The number of fused-ring (bicyclic) bond motifs is 1. The van der Waals surface area contributed by atoms with Crippen molar-refractivity contribution < 1.29 is 4.39 Å². The van der Waals surface area contributed by atoms with Crippen LogP contribution < -0.4 is 5.32 Å². The van der Waals surface area contributed by atoms with Gasteiger partial charge in [0.1, 0.15) is 5.82 Å². The third-order valence-corrected chi connectivity index (χ3v) is 2.83. The molecule has 2 rings (SSSR count). The minimum Gasteiger partial charge on any atom is -0.380 e. The molecule has 76 valence electrons. The molecular weight excluding hydrogens is 177 g/mol. The van der Waals surface area contributed by atoms with Gasteiger partial charge in [0.15, 0.2) is 0 Å². The van der Waals surface area contributed by atoms with Gasteiger partial charge in [-0.3, -0.25) is 0 Å². The lowest BCUT2D eigenvalue weighted by molar-refractivity contribution is 0.452. The lowest BCUT2D eigenvalue weighted by atomic mass is 9.82. The van der Waals surface area contributed by atoms with Gasteiger partial charge in [-0.25, -0.2) is 4.39 Å². The molecule has 0 saturated carbocycles. The minimum atomic E-state index is -0.142. The van der Waals surface area contributed by atoms with E-state index in [2.05, 4.69) is 26.1 Å². The summed E-state index contributed by atoms with van der Waals surface area (Å²) in [5.41, 5.74) is 2.30. The molecule has 1 aliphatic heterocycles. The first kappa shape index (κ1) is 9.50. The monoisotopic (exact) mass is 193 g/mol. The molecule has 1 N–H and O–H groups in total. The van der Waals surface area contributed by atoms with Gasteiger partial charge < -0.3 is 5.32 Å². The van der Waals surface area contributed by atoms with Crippen LogP contribution in [0.5, 0.6) is 0 Å². The van der Waals surface area contributed by atoms with Crippen molar-refractivity contribution in [1.29, 1.82) is 0 Å². The molecule has 1 aromatic carbocycles. The van der Waals surface area contributed by atoms with Gasteiger partial charge in [-0.2, -0.15) is 0 Å². The van der Waals surface area contributed by atoms with Crippen LogP contribution in [0.2, 0.25) is 0 Å². The summed E-state index contributed by atoms with van der Waals surface area (Å²) in [6.45, 7) is 6.51. The Kier molecular flexibility index (Phi) is 2.02. The van der Waals surface area contributed by atoms with Crippen LogP contribution >= 0.6 is 0 Å². The number of halogens is 1. The minimum absolute atomic E-state index is 0.115. The zero-order valence-corrected chi connectivity index (χ0v) is 8.89. The zero-order chi connectivity index (χ0) is 10.3. The number of anilines is 1. The summed E-state index contributed by atoms with van der Waals surface area (Å²) in [4.78, 5) is 0. The first-order chi connectivity index (χ1) is 6.48. The van der Waals surface area contributed by atoms with E-state index in [0.717, 1.165) is 17.7 Å². The SMILES string of the molecule is CC1CC(C)(C)Nc2ccc(F)cc21. The maximum atomic E-state index is 13.0. The number of hydrogen-bond donors (Lipinski definition) is 1. The van der Waals surface area contributed by atoms with Crippen molar-refractivity contribution in [3.05, 3.63) is 29.6 Å². The molecular formula is C12H16FN. The van der Waals surface area contributed by atoms with E-state index < -0.39 is 0 Å². The fourth-order valence-corrected chi connectivity index (χ4v) is 2.35. The second kappa shape index (κ2) is 2.97. The maximum absolute atomic E-state index is 13.0. The van der Waals surface area contributed by atoms with Gasteiger partial charge in [-0.15, -0.1) is 0 Å². The van der Waals surface area contributed by atoms with Crippen LogP contribution in [-0.2, 0) is 0 Å². The summed E-state index contributed by atoms with van der Waals surface area (Å²) in [6.07, 6.45) is 1.05. The van der Waals surface area contributed by atoms with E-state index in [-0.39, 0.29) is 11.4 Å². The van der Waals surface area contributed by atoms with E-state index in [9.17, 15) is 4.39 Å². The van der Waals surface area contributed by atoms with Gasteiger partial charge in [0.2, 0.25) is 0 Å². The molecule has 1 unspecified atom stereocenters. The third-order valence-electron chi connectivity index (χ3n) is 2.83. The van der Waals surface area contributed by atoms with Crippen molar-refractivity contribution in [3.63, 3.8) is 0 Å². The highest BCUT2D eigenvalue weighted by atomic mass is 19.1. The van der Waals surface area contributed by atoms with Gasteiger partial charge in [0.25, 0.3) is 0 Å².